The summed E-state index contributed by atoms with van der Waals surface area (Å²) in [5.41, 5.74) is 2.77. The maximum absolute atomic E-state index is 12.7. The number of unbranched alkanes of at least 4 members (excludes halogenated alkanes) is 4. The fourth-order valence-electron chi connectivity index (χ4n) is 15.4. The summed E-state index contributed by atoms with van der Waals surface area (Å²) in [4.78, 5) is 124. The number of ketones is 8. The summed E-state index contributed by atoms with van der Waals surface area (Å²) in [5, 5.41) is 43.7. The van der Waals surface area contributed by atoms with Gasteiger partial charge in [0.15, 0.2) is 11.6 Å². The van der Waals surface area contributed by atoms with Crippen LogP contribution in [-0.2, 0) is 38.4 Å². The summed E-state index contributed by atoms with van der Waals surface area (Å²) in [6, 6.07) is 4.82. The quantitative estimate of drug-likeness (QED) is 0.0213. The average molecular weight is 1980 g/mol. The van der Waals surface area contributed by atoms with Crippen LogP contribution in [-0.4, -0.2) is 437 Å². The third kappa shape index (κ3) is 86.8. The number of carbonyl (C=O) groups is 9. The maximum atomic E-state index is 12.7. The van der Waals surface area contributed by atoms with Gasteiger partial charge in [0.2, 0.25) is 5.91 Å². The largest absolute Gasteiger partial charge is 0.385 e. The molecule has 0 bridgehead atoms. The molecule has 32 heteroatoms. The third-order valence-corrected chi connectivity index (χ3v) is 25.1. The highest BCUT2D eigenvalue weighted by atomic mass is 16.2. The second kappa shape index (κ2) is 104. The van der Waals surface area contributed by atoms with Crippen molar-refractivity contribution in [1.82, 2.24) is 108 Å². The van der Waals surface area contributed by atoms with Gasteiger partial charge >= 0.3 is 0 Å². The van der Waals surface area contributed by atoms with Crippen LogP contribution in [0.3, 0.4) is 0 Å². The minimum Gasteiger partial charge on any atom is -0.385 e. The van der Waals surface area contributed by atoms with Gasteiger partial charge in [0.1, 0.15) is 34.7 Å². The van der Waals surface area contributed by atoms with Gasteiger partial charge < -0.3 is 119 Å². The van der Waals surface area contributed by atoms with Crippen LogP contribution in [0.1, 0.15) is 279 Å². The van der Waals surface area contributed by atoms with Crippen LogP contribution < -0.4 is 74.4 Å². The van der Waals surface area contributed by atoms with Crippen LogP contribution in [0.25, 0.3) is 0 Å². The number of likely N-dealkylation sites (N-methyl/N-ethyl adjacent to an activating group) is 16. The van der Waals surface area contributed by atoms with Crippen molar-refractivity contribution in [1.29, 1.82) is 0 Å². The van der Waals surface area contributed by atoms with E-state index in [9.17, 15) is 43.2 Å². The maximum Gasteiger partial charge on any atom is 0.237 e. The van der Waals surface area contributed by atoms with Gasteiger partial charge in [0.25, 0.3) is 0 Å². The van der Waals surface area contributed by atoms with E-state index in [-0.39, 0.29) is 88.4 Å². The molecule has 6 atom stereocenters. The van der Waals surface area contributed by atoms with Crippen molar-refractivity contribution in [2.45, 2.75) is 305 Å². The summed E-state index contributed by atoms with van der Waals surface area (Å²) in [7, 11) is 10.9. The molecule has 3 rings (SSSR count). The van der Waals surface area contributed by atoms with Gasteiger partial charge in [-0.3, -0.25) is 43.2 Å². The highest BCUT2D eigenvalue weighted by Gasteiger charge is 2.25. The smallest absolute Gasteiger partial charge is 0.237 e. The second-order valence-electron chi connectivity index (χ2n) is 35.8. The monoisotopic (exact) mass is 1980 g/mol. The summed E-state index contributed by atoms with van der Waals surface area (Å²) >= 11 is 0. The van der Waals surface area contributed by atoms with E-state index >= 15 is 0 Å². The van der Waals surface area contributed by atoms with Crippen LogP contribution in [0.2, 0.25) is 0 Å². The molecule has 1 aromatic rings. The Kier molecular flexibility index (Phi) is 108. The van der Waals surface area contributed by atoms with E-state index in [2.05, 4.69) is 209 Å². The van der Waals surface area contributed by atoms with Crippen molar-refractivity contribution in [2.75, 3.05) is 315 Å². The first-order valence-corrected chi connectivity index (χ1v) is 54.8. The van der Waals surface area contributed by atoms with Crippen LogP contribution >= 0.6 is 0 Å². The molecule has 2 heterocycles. The molecule has 1 amide bonds. The van der Waals surface area contributed by atoms with Crippen molar-refractivity contribution in [3.05, 3.63) is 23.8 Å². The Bertz CT molecular complexity index is 2750. The minimum absolute atomic E-state index is 0.0118. The first-order chi connectivity index (χ1) is 66.7. The number of hydrogen-bond acceptors (Lipinski definition) is 31. The van der Waals surface area contributed by atoms with Gasteiger partial charge in [-0.05, 0) is 291 Å². The van der Waals surface area contributed by atoms with Gasteiger partial charge in [-0.2, -0.15) is 0 Å². The van der Waals surface area contributed by atoms with E-state index in [1.807, 2.05) is 81.0 Å². The zero-order valence-electron chi connectivity index (χ0n) is 95.5. The normalized spacial score (nSPS) is 15.5. The van der Waals surface area contributed by atoms with Crippen molar-refractivity contribution < 1.29 is 43.2 Å². The van der Waals surface area contributed by atoms with E-state index in [0.29, 0.717) is 25.7 Å². The summed E-state index contributed by atoms with van der Waals surface area (Å²) in [6.45, 7) is 93.2. The molecule has 2 aliphatic rings. The van der Waals surface area contributed by atoms with E-state index in [4.69, 9.17) is 0 Å². The number of anilines is 2. The summed E-state index contributed by atoms with van der Waals surface area (Å²) in [5.74, 6) is 0.848. The lowest BCUT2D eigenvalue weighted by molar-refractivity contribution is -0.129. The van der Waals surface area contributed by atoms with Crippen molar-refractivity contribution in [3.63, 3.8) is 0 Å². The van der Waals surface area contributed by atoms with Gasteiger partial charge in [-0.15, -0.1) is 0 Å². The van der Waals surface area contributed by atoms with Crippen LogP contribution in [0.5, 0.6) is 0 Å². The van der Waals surface area contributed by atoms with Crippen molar-refractivity contribution in [2.24, 2.45) is 0 Å². The fourth-order valence-corrected chi connectivity index (χ4v) is 15.4. The number of carbonyl (C=O) groups excluding carboxylic acids is 9. The molecule has 822 valence electrons. The number of nitrogens with one attached hydrogen (secondary N) is 14. The number of amides is 1. The molecule has 0 aliphatic carbocycles. The van der Waals surface area contributed by atoms with Gasteiger partial charge in [-0.1, -0.05) is 130 Å². The van der Waals surface area contributed by atoms with E-state index in [1.54, 1.807) is 27.9 Å². The molecule has 139 heavy (non-hydrogen) atoms. The molecule has 0 saturated carbocycles. The predicted molar refractivity (Wildman–Crippen MR) is 595 cm³/mol. The highest BCUT2D eigenvalue weighted by molar-refractivity contribution is 5.98. The Hall–Kier alpha value is -5.15. The molecule has 6 unspecified atom stereocenters. The SMILES string of the molecule is CCN1CCN(CC)CCN(CC)CCN(CC)CC1.CCN1CCN(CC)CCN(CC)CCN(CC)CC1.CCNCCCCC(NC(=O)C(CCCCNCC)NCC)C(=O)CC.CCNCCN(CC)CCNCC.CCNc1cc(NCC)cc(C(=O)CC)c1.CNC(CC(C)=O)C(C)=O.CNC(CC(C)=O)C(C)=O.CNCCCCC(NC)C(C)=O.CNCCCCC(NC)C(C)=O. The fraction of sp³-hybridized carbons (Fsp3) is 0.860. The number of Topliss-reactive ketones (excluding diaryl/α,β-unsaturated/α-hetero) is 8. The molecule has 2 fully saturated rings. The lowest BCUT2D eigenvalue weighted by Gasteiger charge is -2.33. The zero-order valence-corrected chi connectivity index (χ0v) is 95.5. The lowest BCUT2D eigenvalue weighted by atomic mass is 10.0. The number of hydrogen-bond donors (Lipinski definition) is 14. The first-order valence-electron chi connectivity index (χ1n) is 54.8. The Morgan fingerprint density at radius 3 is 0.777 bits per heavy atom. The van der Waals surface area contributed by atoms with E-state index in [0.717, 1.165) is 199 Å². The zero-order chi connectivity index (χ0) is 106. The molecule has 2 saturated heterocycles. The number of nitrogens with zero attached hydrogens (tertiary/aromatic N) is 9. The molecule has 2 aliphatic heterocycles. The average Bonchev–Trinajstić information content (AvgIpc) is 0.855. The molecule has 0 aromatic heterocycles. The van der Waals surface area contributed by atoms with Crippen LogP contribution in [0, 0.1) is 0 Å². The Balaban J connectivity index is -0.000000364. The van der Waals surface area contributed by atoms with Crippen molar-refractivity contribution in [3.8, 4) is 0 Å². The van der Waals surface area contributed by atoms with Gasteiger partial charge in [-0.25, -0.2) is 0 Å². The van der Waals surface area contributed by atoms with Gasteiger partial charge in [0.05, 0.1) is 36.3 Å². The Labute approximate surface area is 853 Å². The summed E-state index contributed by atoms with van der Waals surface area (Å²) in [6.07, 6.45) is 13.5. The third-order valence-electron chi connectivity index (χ3n) is 25.1. The standard InChI is InChI=1S/C20H42N4O2.2C16H36N4.C13H20N2O.C10H25N3.2C9H20N2O.2C7H13NO2/c1-5-19(25)17(13-9-11-15-21-6-2)24-20(26)18(23-8-4)14-10-12-16-22-7-3;2*1-5-17-9-11-18(6-2)13-15-20(8-4)16-14-19(7-3)12-10-17;1-4-13(16)10-7-11(14-5-2)9-12(8-10)15-6-3;1-4-11-7-9-13(6-3)10-8-12-5-2;2*1-8(12)9(11-3)6-4-5-7-10-2;2*1-5(9)4-7(8-3)6(2)10/h17-18,21-23H,5-16H2,1-4H3,(H,24,26);2*5-16H2,1-4H3;7-9,14-15H,4-6H2,1-3H3;11-12H,4-10H2,1-3H3;2*9-11H,4-7H2,1-3H3;2*7-8H,4H2,1-3H3. The molecule has 0 spiro atoms. The molecule has 32 nitrogen and oxygen atoms in total. The Morgan fingerprint density at radius 1 is 0.302 bits per heavy atom. The second-order valence-corrected chi connectivity index (χ2v) is 35.8. The first kappa shape index (κ1) is 145. The topological polar surface area (TPSA) is 351 Å². The van der Waals surface area contributed by atoms with Crippen molar-refractivity contribution >= 4 is 63.5 Å². The number of benzene rings is 1. The van der Waals surface area contributed by atoms with Crippen LogP contribution in [0.15, 0.2) is 18.2 Å². The van der Waals surface area contributed by atoms with Crippen LogP contribution in [0.4, 0.5) is 11.4 Å². The molecule has 1 aromatic carbocycles. The van der Waals surface area contributed by atoms with E-state index < -0.39 is 0 Å². The summed E-state index contributed by atoms with van der Waals surface area (Å²) < 4.78 is 0. The molecule has 0 radical (unpaired) electrons. The molecular formula is C107H225N23O9. The number of rotatable bonds is 63. The Morgan fingerprint density at radius 2 is 0.568 bits per heavy atom. The lowest BCUT2D eigenvalue weighted by Crippen LogP contribution is -2.50. The molecule has 14 N–H and O–H groups in total. The van der Waals surface area contributed by atoms with E-state index in [1.165, 1.54) is 185 Å². The predicted octanol–water partition coefficient (Wildman–Crippen LogP) is 9.62. The highest BCUT2D eigenvalue weighted by Crippen LogP contribution is 2.21. The molecular weight excluding hydrogens is 1750 g/mol. The van der Waals surface area contributed by atoms with Gasteiger partial charge in [0, 0.05) is 187 Å². The minimum atomic E-state index is -0.350.